The van der Waals surface area contributed by atoms with Crippen molar-refractivity contribution in [1.82, 2.24) is 20.1 Å². The number of guanidine groups is 1. The normalized spacial score (nSPS) is 19.8. The Morgan fingerprint density at radius 3 is 2.72 bits per heavy atom. The zero-order valence-electron chi connectivity index (χ0n) is 17.3. The van der Waals surface area contributed by atoms with Crippen LogP contribution >= 0.6 is 24.0 Å². The average molecular weight is 515 g/mol. The van der Waals surface area contributed by atoms with E-state index >= 15 is 0 Å². The van der Waals surface area contributed by atoms with Gasteiger partial charge in [-0.1, -0.05) is 18.9 Å². The van der Waals surface area contributed by atoms with Gasteiger partial charge >= 0.3 is 0 Å². The number of carbonyl (C=O) groups is 1. The van der Waals surface area contributed by atoms with Crippen LogP contribution in [0.5, 0.6) is 0 Å². The molecule has 1 unspecified atom stereocenters. The maximum atomic E-state index is 12.6. The number of nitrogens with one attached hydrogen (secondary N) is 2. The molecule has 0 radical (unpaired) electrons. The summed E-state index contributed by atoms with van der Waals surface area (Å²) < 4.78 is 1.74. The molecule has 0 spiro atoms. The van der Waals surface area contributed by atoms with Crippen molar-refractivity contribution in [2.75, 3.05) is 26.7 Å². The standard InChI is InChI=1S/C21H33N5O2.HI/c1-22-21(23-12-5-7-14-25-13-6-4-10-19(25)27)24-18-11-15-26(16-18)20(28)17-8-2-3-9-17;/h4,6,10,13,17-18H,2-3,5,7-9,11-12,14-16H2,1H3,(H2,22,23,24);1H. The highest BCUT2D eigenvalue weighted by Gasteiger charge is 2.32. The highest BCUT2D eigenvalue weighted by molar-refractivity contribution is 14.0. The summed E-state index contributed by atoms with van der Waals surface area (Å²) >= 11 is 0. The number of pyridine rings is 1. The minimum absolute atomic E-state index is 0. The summed E-state index contributed by atoms with van der Waals surface area (Å²) in [4.78, 5) is 30.6. The van der Waals surface area contributed by atoms with Gasteiger partial charge in [0, 0.05) is 57.4 Å². The second kappa shape index (κ2) is 12.2. The molecule has 1 saturated heterocycles. The van der Waals surface area contributed by atoms with Crippen LogP contribution < -0.4 is 16.2 Å². The Morgan fingerprint density at radius 1 is 1.21 bits per heavy atom. The van der Waals surface area contributed by atoms with E-state index in [1.807, 2.05) is 17.2 Å². The van der Waals surface area contributed by atoms with Crippen LogP contribution in [0.2, 0.25) is 0 Å². The van der Waals surface area contributed by atoms with Crippen LogP contribution in [0.4, 0.5) is 0 Å². The third kappa shape index (κ3) is 7.01. The highest BCUT2D eigenvalue weighted by Crippen LogP contribution is 2.27. The summed E-state index contributed by atoms with van der Waals surface area (Å²) in [7, 11) is 1.77. The molecule has 29 heavy (non-hydrogen) atoms. The molecule has 2 fully saturated rings. The first kappa shape index (κ1) is 23.7. The monoisotopic (exact) mass is 515 g/mol. The van der Waals surface area contributed by atoms with E-state index in [0.29, 0.717) is 5.91 Å². The molecular formula is C21H34IN5O2. The van der Waals surface area contributed by atoms with Crippen molar-refractivity contribution in [3.63, 3.8) is 0 Å². The maximum Gasteiger partial charge on any atom is 0.250 e. The van der Waals surface area contributed by atoms with Crippen molar-refractivity contribution in [3.8, 4) is 0 Å². The Balaban J connectivity index is 0.00000300. The topological polar surface area (TPSA) is 78.7 Å². The fourth-order valence-corrected chi connectivity index (χ4v) is 4.16. The number of nitrogens with zero attached hydrogens (tertiary/aromatic N) is 3. The van der Waals surface area contributed by atoms with E-state index in [2.05, 4.69) is 15.6 Å². The fourth-order valence-electron chi connectivity index (χ4n) is 4.16. The number of carbonyl (C=O) groups excluding carboxylic acids is 1. The number of halogens is 1. The maximum absolute atomic E-state index is 12.6. The van der Waals surface area contributed by atoms with Gasteiger partial charge in [-0.3, -0.25) is 14.6 Å². The van der Waals surface area contributed by atoms with E-state index in [9.17, 15) is 9.59 Å². The first-order valence-corrected chi connectivity index (χ1v) is 10.6. The van der Waals surface area contributed by atoms with Gasteiger partial charge in [0.1, 0.15) is 0 Å². The molecule has 0 bridgehead atoms. The Morgan fingerprint density at radius 2 is 2.00 bits per heavy atom. The number of hydrogen-bond acceptors (Lipinski definition) is 3. The third-order valence-corrected chi connectivity index (χ3v) is 5.79. The van der Waals surface area contributed by atoms with Crippen molar-refractivity contribution in [2.45, 2.75) is 57.5 Å². The highest BCUT2D eigenvalue weighted by atomic mass is 127. The molecule has 1 aromatic heterocycles. The van der Waals surface area contributed by atoms with E-state index in [-0.39, 0.29) is 41.5 Å². The first-order valence-electron chi connectivity index (χ1n) is 10.6. The van der Waals surface area contributed by atoms with E-state index in [1.54, 1.807) is 23.7 Å². The molecule has 1 amide bonds. The molecule has 7 nitrogen and oxygen atoms in total. The van der Waals surface area contributed by atoms with Crippen LogP contribution in [0.25, 0.3) is 0 Å². The van der Waals surface area contributed by atoms with Crippen LogP contribution in [0.3, 0.4) is 0 Å². The number of hydrogen-bond donors (Lipinski definition) is 2. The van der Waals surface area contributed by atoms with Crippen molar-refractivity contribution in [1.29, 1.82) is 0 Å². The van der Waals surface area contributed by atoms with Crippen LogP contribution in [-0.4, -0.2) is 54.1 Å². The largest absolute Gasteiger partial charge is 0.356 e. The lowest BCUT2D eigenvalue weighted by molar-refractivity contribution is -0.134. The Hall–Kier alpha value is -1.58. The molecule has 2 heterocycles. The lowest BCUT2D eigenvalue weighted by atomic mass is 10.1. The van der Waals surface area contributed by atoms with Gasteiger partial charge in [0.25, 0.3) is 0 Å². The van der Waals surface area contributed by atoms with E-state index in [0.717, 1.165) is 64.2 Å². The first-order chi connectivity index (χ1) is 13.7. The molecule has 1 saturated carbocycles. The molecule has 1 aliphatic heterocycles. The van der Waals surface area contributed by atoms with Crippen molar-refractivity contribution in [2.24, 2.45) is 10.9 Å². The fraction of sp³-hybridized carbons (Fsp3) is 0.667. The van der Waals surface area contributed by atoms with Gasteiger partial charge in [0.15, 0.2) is 5.96 Å². The second-order valence-corrected chi connectivity index (χ2v) is 7.83. The van der Waals surface area contributed by atoms with Crippen LogP contribution in [0.15, 0.2) is 34.2 Å². The smallest absolute Gasteiger partial charge is 0.250 e. The Labute approximate surface area is 190 Å². The molecule has 1 aliphatic carbocycles. The zero-order valence-corrected chi connectivity index (χ0v) is 19.6. The van der Waals surface area contributed by atoms with E-state index in [1.165, 1.54) is 12.8 Å². The lowest BCUT2D eigenvalue weighted by Crippen LogP contribution is -2.45. The lowest BCUT2D eigenvalue weighted by Gasteiger charge is -2.21. The SMILES string of the molecule is CN=C(NCCCCn1ccccc1=O)NC1CCN(C(=O)C2CCCC2)C1.I. The van der Waals surface area contributed by atoms with Gasteiger partial charge in [-0.25, -0.2) is 0 Å². The third-order valence-electron chi connectivity index (χ3n) is 5.79. The summed E-state index contributed by atoms with van der Waals surface area (Å²) in [5.74, 6) is 1.39. The average Bonchev–Trinajstić information content (AvgIpc) is 3.40. The quantitative estimate of drug-likeness (QED) is 0.253. The van der Waals surface area contributed by atoms with Crippen molar-refractivity contribution in [3.05, 3.63) is 34.7 Å². The van der Waals surface area contributed by atoms with Crippen molar-refractivity contribution >= 4 is 35.8 Å². The van der Waals surface area contributed by atoms with Gasteiger partial charge in [0.05, 0.1) is 0 Å². The second-order valence-electron chi connectivity index (χ2n) is 7.83. The Kier molecular flexibility index (Phi) is 9.96. The van der Waals surface area contributed by atoms with Crippen molar-refractivity contribution < 1.29 is 4.79 Å². The van der Waals surface area contributed by atoms with E-state index in [4.69, 9.17) is 0 Å². The van der Waals surface area contributed by atoms with Crippen LogP contribution in [-0.2, 0) is 11.3 Å². The number of likely N-dealkylation sites (tertiary alicyclic amines) is 1. The molecule has 3 rings (SSSR count). The summed E-state index contributed by atoms with van der Waals surface area (Å²) in [6.45, 7) is 3.15. The number of rotatable bonds is 7. The Bertz CT molecular complexity index is 730. The molecule has 2 N–H and O–H groups in total. The minimum atomic E-state index is 0. The van der Waals surface area contributed by atoms with Crippen LogP contribution in [0.1, 0.15) is 44.9 Å². The minimum Gasteiger partial charge on any atom is -0.356 e. The number of amides is 1. The van der Waals surface area contributed by atoms with E-state index < -0.39 is 0 Å². The number of unbranched alkanes of at least 4 members (excludes halogenated alkanes) is 1. The molecular weight excluding hydrogens is 481 g/mol. The number of aryl methyl sites for hydroxylation is 1. The molecule has 0 aromatic carbocycles. The molecule has 2 aliphatic rings. The zero-order chi connectivity index (χ0) is 19.8. The number of aromatic nitrogens is 1. The van der Waals surface area contributed by atoms with Gasteiger partial charge in [-0.2, -0.15) is 0 Å². The predicted molar refractivity (Wildman–Crippen MR) is 127 cm³/mol. The molecule has 1 aromatic rings. The van der Waals surface area contributed by atoms with Gasteiger partial charge in [-0.05, 0) is 38.2 Å². The molecule has 162 valence electrons. The van der Waals surface area contributed by atoms with Gasteiger partial charge in [0.2, 0.25) is 11.5 Å². The summed E-state index contributed by atoms with van der Waals surface area (Å²) in [5.41, 5.74) is 0.0471. The van der Waals surface area contributed by atoms with Gasteiger partial charge in [-0.15, -0.1) is 24.0 Å². The predicted octanol–water partition coefficient (Wildman–Crippen LogP) is 2.20. The van der Waals surface area contributed by atoms with Gasteiger partial charge < -0.3 is 20.1 Å². The molecule has 1 atom stereocenters. The van der Waals surface area contributed by atoms with Crippen LogP contribution in [0, 0.1) is 5.92 Å². The summed E-state index contributed by atoms with van der Waals surface area (Å²) in [5, 5.41) is 6.79. The summed E-state index contributed by atoms with van der Waals surface area (Å²) in [6, 6.07) is 5.50. The molecule has 8 heteroatoms. The number of aliphatic imine (C=N–C) groups is 1. The summed E-state index contributed by atoms with van der Waals surface area (Å²) in [6.07, 6.45) is 9.20.